The van der Waals surface area contributed by atoms with E-state index in [0.717, 1.165) is 5.56 Å². The van der Waals surface area contributed by atoms with Crippen LogP contribution in [0, 0.1) is 0 Å². The van der Waals surface area contributed by atoms with Gasteiger partial charge in [-0.1, -0.05) is 41.4 Å². The number of rotatable bonds is 13. The molecule has 0 spiro atoms. The minimum absolute atomic E-state index is 0.0618. The van der Waals surface area contributed by atoms with Gasteiger partial charge in [0.15, 0.2) is 0 Å². The first-order valence-corrected chi connectivity index (χ1v) is 13.3. The second-order valence-corrected chi connectivity index (χ2v) is 10.2. The van der Waals surface area contributed by atoms with Gasteiger partial charge in [-0.05, 0) is 49.1 Å². The van der Waals surface area contributed by atoms with E-state index in [-0.39, 0.29) is 43.7 Å². The lowest BCUT2D eigenvalue weighted by molar-refractivity contribution is -0.145. The average Bonchev–Trinajstić information content (AvgIpc) is 3.31. The van der Waals surface area contributed by atoms with Crippen LogP contribution < -0.4 is 15.4 Å². The Kier molecular flexibility index (Phi) is 11.0. The third kappa shape index (κ3) is 8.86. The molecule has 1 aliphatic rings. The highest BCUT2D eigenvalue weighted by molar-refractivity contribution is 6.35. The van der Waals surface area contributed by atoms with Crippen molar-refractivity contribution in [2.24, 2.45) is 0 Å². The van der Waals surface area contributed by atoms with E-state index in [1.54, 1.807) is 42.5 Å². The molecule has 39 heavy (non-hydrogen) atoms. The fourth-order valence-electron chi connectivity index (χ4n) is 4.46. The van der Waals surface area contributed by atoms with Crippen LogP contribution in [0.4, 0.5) is 0 Å². The van der Waals surface area contributed by atoms with Gasteiger partial charge in [-0.2, -0.15) is 0 Å². The number of hydrogen-bond donors (Lipinski definition) is 2. The van der Waals surface area contributed by atoms with Crippen LogP contribution in [0.5, 0.6) is 5.75 Å². The van der Waals surface area contributed by atoms with Gasteiger partial charge in [-0.25, -0.2) is 4.79 Å². The Balaban J connectivity index is 1.57. The number of esters is 2. The first kappa shape index (κ1) is 30.2. The molecule has 11 heteroatoms. The summed E-state index contributed by atoms with van der Waals surface area (Å²) in [6, 6.07) is 11.4. The fourth-order valence-corrected chi connectivity index (χ4v) is 4.96. The Morgan fingerprint density at radius 3 is 2.26 bits per heavy atom. The molecule has 0 saturated carbocycles. The van der Waals surface area contributed by atoms with E-state index in [1.165, 1.54) is 14.2 Å². The van der Waals surface area contributed by atoms with Crippen LogP contribution in [0.3, 0.4) is 0 Å². The summed E-state index contributed by atoms with van der Waals surface area (Å²) in [6.07, 6.45) is 1.96. The van der Waals surface area contributed by atoms with Crippen molar-refractivity contribution < 1.29 is 33.4 Å². The molecular formula is C28H32Cl2N2O7. The van der Waals surface area contributed by atoms with Crippen LogP contribution in [0.1, 0.15) is 49.7 Å². The van der Waals surface area contributed by atoms with Gasteiger partial charge in [0.1, 0.15) is 18.4 Å². The van der Waals surface area contributed by atoms with Gasteiger partial charge in [0.2, 0.25) is 11.8 Å². The number of nitrogens with one attached hydrogen (secondary N) is 2. The molecule has 0 radical (unpaired) electrons. The Labute approximate surface area is 237 Å². The molecule has 9 nitrogen and oxygen atoms in total. The monoisotopic (exact) mass is 578 g/mol. The minimum atomic E-state index is -0.902. The maximum atomic E-state index is 12.8. The van der Waals surface area contributed by atoms with E-state index >= 15 is 0 Å². The summed E-state index contributed by atoms with van der Waals surface area (Å²) in [5.41, 5.74) is 0.807. The van der Waals surface area contributed by atoms with Crippen LogP contribution in [-0.2, 0) is 41.7 Å². The van der Waals surface area contributed by atoms with Crippen LogP contribution in [-0.4, -0.2) is 49.6 Å². The molecule has 0 aliphatic carbocycles. The second-order valence-electron chi connectivity index (χ2n) is 9.38. The first-order valence-electron chi connectivity index (χ1n) is 12.5. The molecule has 1 heterocycles. The van der Waals surface area contributed by atoms with Crippen molar-refractivity contribution in [2.75, 3.05) is 14.2 Å². The van der Waals surface area contributed by atoms with Gasteiger partial charge in [0.05, 0.1) is 14.2 Å². The van der Waals surface area contributed by atoms with Crippen LogP contribution >= 0.6 is 23.2 Å². The highest BCUT2D eigenvalue weighted by Gasteiger charge is 2.38. The SMILES string of the molecule is COC(=O)CCC1(CCC(=O)NC(Cc2ccc(OCc3c(Cl)cccc3Cl)cc2)C(=O)OC)CCC(=O)N1. The summed E-state index contributed by atoms with van der Waals surface area (Å²) in [5, 5.41) is 6.69. The molecule has 2 N–H and O–H groups in total. The summed E-state index contributed by atoms with van der Waals surface area (Å²) in [4.78, 5) is 48.7. The van der Waals surface area contributed by atoms with Crippen molar-refractivity contribution in [1.82, 2.24) is 10.6 Å². The molecule has 1 saturated heterocycles. The molecule has 2 unspecified atom stereocenters. The lowest BCUT2D eigenvalue weighted by Crippen LogP contribution is -2.46. The zero-order valence-corrected chi connectivity index (χ0v) is 23.4. The molecule has 2 atom stereocenters. The first-order chi connectivity index (χ1) is 18.6. The van der Waals surface area contributed by atoms with E-state index in [1.807, 2.05) is 0 Å². The van der Waals surface area contributed by atoms with E-state index in [9.17, 15) is 19.2 Å². The van der Waals surface area contributed by atoms with Gasteiger partial charge in [0, 0.05) is 46.8 Å². The maximum Gasteiger partial charge on any atom is 0.328 e. The number of hydrogen-bond acceptors (Lipinski definition) is 7. The third-order valence-electron chi connectivity index (χ3n) is 6.73. The molecule has 1 aliphatic heterocycles. The van der Waals surface area contributed by atoms with Crippen molar-refractivity contribution in [3.8, 4) is 5.75 Å². The van der Waals surface area contributed by atoms with Crippen molar-refractivity contribution in [3.05, 3.63) is 63.6 Å². The Hall–Kier alpha value is -3.30. The highest BCUT2D eigenvalue weighted by Crippen LogP contribution is 2.30. The fraction of sp³-hybridized carbons (Fsp3) is 0.429. The molecule has 0 aromatic heterocycles. The molecule has 1 fully saturated rings. The summed E-state index contributed by atoms with van der Waals surface area (Å²) in [7, 11) is 2.56. The molecule has 210 valence electrons. The van der Waals surface area contributed by atoms with E-state index in [4.69, 9.17) is 37.4 Å². The smallest absolute Gasteiger partial charge is 0.328 e. The summed E-state index contributed by atoms with van der Waals surface area (Å²) < 4.78 is 15.4. The molecule has 3 rings (SSSR count). The second kappa shape index (κ2) is 14.2. The average molecular weight is 579 g/mol. The van der Waals surface area contributed by atoms with Gasteiger partial charge < -0.3 is 24.8 Å². The third-order valence-corrected chi connectivity index (χ3v) is 7.44. The quantitative estimate of drug-likeness (QED) is 0.342. The van der Waals surface area contributed by atoms with Crippen molar-refractivity contribution in [1.29, 1.82) is 0 Å². The van der Waals surface area contributed by atoms with Gasteiger partial charge >= 0.3 is 11.9 Å². The summed E-state index contributed by atoms with van der Waals surface area (Å²) >= 11 is 12.4. The number of ether oxygens (including phenoxy) is 3. The lowest BCUT2D eigenvalue weighted by atomic mass is 9.86. The number of halogens is 2. The zero-order valence-electron chi connectivity index (χ0n) is 21.9. The summed E-state index contributed by atoms with van der Waals surface area (Å²) in [6.45, 7) is 0.195. The Morgan fingerprint density at radius 2 is 1.67 bits per heavy atom. The predicted octanol–water partition coefficient (Wildman–Crippen LogP) is 4.15. The highest BCUT2D eigenvalue weighted by atomic mass is 35.5. The van der Waals surface area contributed by atoms with Crippen molar-refractivity contribution in [2.45, 2.75) is 63.1 Å². The van der Waals surface area contributed by atoms with E-state index in [2.05, 4.69) is 10.6 Å². The topological polar surface area (TPSA) is 120 Å². The van der Waals surface area contributed by atoms with E-state index in [0.29, 0.717) is 47.0 Å². The van der Waals surface area contributed by atoms with Crippen LogP contribution in [0.25, 0.3) is 0 Å². The van der Waals surface area contributed by atoms with Gasteiger partial charge in [-0.15, -0.1) is 0 Å². The number of carbonyl (C=O) groups is 4. The van der Waals surface area contributed by atoms with Crippen LogP contribution in [0.15, 0.2) is 42.5 Å². The standard InChI is InChI=1S/C28H32Cl2N2O7/c1-37-26(35)12-15-28(14-11-25(34)32-28)13-10-24(33)31-23(27(36)38-2)16-18-6-8-19(9-7-18)39-17-20-21(29)4-3-5-22(20)30/h3-9,23H,10-17H2,1-2H3,(H,31,33)(H,32,34). The maximum absolute atomic E-state index is 12.8. The van der Waals surface area contributed by atoms with Gasteiger partial charge in [-0.3, -0.25) is 14.4 Å². The molecule has 2 aromatic rings. The number of amides is 2. The normalized spacial score (nSPS) is 17.2. The number of carbonyl (C=O) groups excluding carboxylic acids is 4. The summed E-state index contributed by atoms with van der Waals surface area (Å²) in [5.74, 6) is -0.846. The molecular weight excluding hydrogens is 547 g/mol. The molecule has 0 bridgehead atoms. The Bertz CT molecular complexity index is 1170. The number of methoxy groups -OCH3 is 2. The predicted molar refractivity (Wildman–Crippen MR) is 145 cm³/mol. The molecule has 2 aromatic carbocycles. The van der Waals surface area contributed by atoms with Crippen LogP contribution in [0.2, 0.25) is 10.0 Å². The largest absolute Gasteiger partial charge is 0.489 e. The lowest BCUT2D eigenvalue weighted by Gasteiger charge is -2.29. The van der Waals surface area contributed by atoms with Crippen molar-refractivity contribution in [3.63, 3.8) is 0 Å². The zero-order chi connectivity index (χ0) is 28.4. The minimum Gasteiger partial charge on any atom is -0.489 e. The Morgan fingerprint density at radius 1 is 1.00 bits per heavy atom. The number of benzene rings is 2. The van der Waals surface area contributed by atoms with E-state index < -0.39 is 17.6 Å². The molecule has 2 amide bonds. The van der Waals surface area contributed by atoms with Crippen molar-refractivity contribution >= 4 is 47.0 Å². The van der Waals surface area contributed by atoms with Gasteiger partial charge in [0.25, 0.3) is 0 Å².